The molecule has 1 aromatic carbocycles. The van der Waals surface area contributed by atoms with Gasteiger partial charge in [-0.1, -0.05) is 23.2 Å². The van der Waals surface area contributed by atoms with E-state index < -0.39 is 26.0 Å². The van der Waals surface area contributed by atoms with E-state index in [1.807, 2.05) is 0 Å². The highest BCUT2D eigenvalue weighted by Crippen LogP contribution is 2.28. The highest BCUT2D eigenvalue weighted by molar-refractivity contribution is 7.89. The van der Waals surface area contributed by atoms with Gasteiger partial charge in [0.05, 0.1) is 14.9 Å². The Morgan fingerprint density at radius 1 is 0.897 bits per heavy atom. The summed E-state index contributed by atoms with van der Waals surface area (Å²) in [6.07, 6.45) is 1.30. The molecular weight excluding hydrogens is 463 g/mol. The van der Waals surface area contributed by atoms with E-state index in [0.29, 0.717) is 0 Å². The molecule has 29 heavy (non-hydrogen) atoms. The molecule has 2 heterocycles. The topological polar surface area (TPSA) is 123 Å². The molecule has 1 fully saturated rings. The van der Waals surface area contributed by atoms with Gasteiger partial charge in [-0.15, -0.1) is 0 Å². The Hall–Kier alpha value is -1.63. The third-order valence-corrected chi connectivity index (χ3v) is 9.09. The first-order valence-corrected chi connectivity index (χ1v) is 12.0. The van der Waals surface area contributed by atoms with Gasteiger partial charge in [0, 0.05) is 39.4 Å². The number of rotatable bonds is 5. The van der Waals surface area contributed by atoms with E-state index in [1.54, 1.807) is 0 Å². The van der Waals surface area contributed by atoms with Crippen molar-refractivity contribution in [1.82, 2.24) is 13.2 Å². The molecule has 0 saturated carbocycles. The first-order chi connectivity index (χ1) is 13.4. The molecule has 0 aliphatic carbocycles. The first kappa shape index (κ1) is 22.1. The van der Waals surface area contributed by atoms with Crippen LogP contribution >= 0.6 is 23.2 Å². The molecule has 3 rings (SSSR count). The summed E-state index contributed by atoms with van der Waals surface area (Å²) in [5, 5.41) is 0.350. The van der Waals surface area contributed by atoms with E-state index in [4.69, 9.17) is 28.9 Å². The van der Waals surface area contributed by atoms with Crippen LogP contribution in [0.15, 0.2) is 40.3 Å². The fourth-order valence-electron chi connectivity index (χ4n) is 3.01. The minimum Gasteiger partial charge on any atom is -0.364 e. The highest BCUT2D eigenvalue weighted by atomic mass is 35.5. The number of sulfonamides is 2. The Bertz CT molecular complexity index is 1170. The van der Waals surface area contributed by atoms with Gasteiger partial charge < -0.3 is 10.3 Å². The summed E-state index contributed by atoms with van der Waals surface area (Å²) in [7, 11) is -6.23. The average molecular weight is 481 g/mol. The molecule has 0 spiro atoms. The van der Waals surface area contributed by atoms with Crippen LogP contribution in [0.5, 0.6) is 0 Å². The average Bonchev–Trinajstić information content (AvgIpc) is 3.07. The van der Waals surface area contributed by atoms with Crippen molar-refractivity contribution in [2.45, 2.75) is 9.79 Å². The summed E-state index contributed by atoms with van der Waals surface area (Å²) >= 11 is 11.7. The van der Waals surface area contributed by atoms with E-state index in [2.05, 4.69) is 0 Å². The minimum absolute atomic E-state index is 0.0163. The van der Waals surface area contributed by atoms with Crippen LogP contribution in [0.2, 0.25) is 10.0 Å². The normalized spacial score (nSPS) is 16.8. The van der Waals surface area contributed by atoms with Crippen molar-refractivity contribution in [2.24, 2.45) is 12.8 Å². The predicted molar refractivity (Wildman–Crippen MR) is 108 cm³/mol. The molecule has 2 aromatic rings. The lowest BCUT2D eigenvalue weighted by molar-refractivity contribution is 0.0992. The van der Waals surface area contributed by atoms with Gasteiger partial charge in [0.1, 0.15) is 10.6 Å². The standard InChI is InChI=1S/C16H18Cl2N4O5S2/c1-20-10-12(9-15(20)16(19)23)29(26,27)22-6-4-21(5-7-22)28(24,25)11-2-3-13(17)14(18)8-11/h2-3,8-10H,4-7H2,1H3,(H2,19,23). The van der Waals surface area contributed by atoms with Crippen molar-refractivity contribution in [3.63, 3.8) is 0 Å². The molecule has 1 saturated heterocycles. The summed E-state index contributed by atoms with van der Waals surface area (Å²) in [5.74, 6) is -0.744. The second kappa shape index (κ2) is 7.89. The number of piperazine rings is 1. The fraction of sp³-hybridized carbons (Fsp3) is 0.312. The van der Waals surface area contributed by atoms with Crippen molar-refractivity contribution >= 4 is 49.2 Å². The molecule has 0 radical (unpaired) electrons. The minimum atomic E-state index is -3.90. The number of nitrogens with two attached hydrogens (primary N) is 1. The van der Waals surface area contributed by atoms with Crippen LogP contribution < -0.4 is 5.73 Å². The second-order valence-electron chi connectivity index (χ2n) is 6.42. The monoisotopic (exact) mass is 480 g/mol. The molecule has 0 atom stereocenters. The van der Waals surface area contributed by atoms with Crippen molar-refractivity contribution in [2.75, 3.05) is 26.2 Å². The fourth-order valence-corrected chi connectivity index (χ4v) is 6.31. The molecule has 1 aromatic heterocycles. The quantitative estimate of drug-likeness (QED) is 0.686. The molecular formula is C16H18Cl2N4O5S2. The van der Waals surface area contributed by atoms with Crippen LogP contribution in [-0.4, -0.2) is 62.1 Å². The molecule has 0 bridgehead atoms. The zero-order valence-electron chi connectivity index (χ0n) is 15.2. The number of carbonyl (C=O) groups excluding carboxylic acids is 1. The summed E-state index contributed by atoms with van der Waals surface area (Å²) in [5.41, 5.74) is 5.29. The number of nitrogens with zero attached hydrogens (tertiary/aromatic N) is 3. The number of carbonyl (C=O) groups is 1. The number of primary amides is 1. The Morgan fingerprint density at radius 2 is 1.41 bits per heavy atom. The third kappa shape index (κ3) is 4.16. The maximum atomic E-state index is 12.8. The van der Waals surface area contributed by atoms with Gasteiger partial charge in [-0.2, -0.15) is 8.61 Å². The number of benzene rings is 1. The summed E-state index contributed by atoms with van der Waals surface area (Å²) in [6, 6.07) is 5.21. The molecule has 2 N–H and O–H groups in total. The van der Waals surface area contributed by atoms with Gasteiger partial charge in [-0.05, 0) is 24.3 Å². The van der Waals surface area contributed by atoms with Gasteiger partial charge in [-0.25, -0.2) is 16.8 Å². The molecule has 9 nitrogen and oxygen atoms in total. The van der Waals surface area contributed by atoms with Crippen molar-refractivity contribution in [1.29, 1.82) is 0 Å². The van der Waals surface area contributed by atoms with E-state index in [-0.39, 0.29) is 51.7 Å². The zero-order valence-corrected chi connectivity index (χ0v) is 18.4. The number of aromatic nitrogens is 1. The smallest absolute Gasteiger partial charge is 0.265 e. The number of hydrogen-bond donors (Lipinski definition) is 1. The third-order valence-electron chi connectivity index (χ3n) is 4.60. The Balaban J connectivity index is 1.78. The highest BCUT2D eigenvalue weighted by Gasteiger charge is 2.34. The lowest BCUT2D eigenvalue weighted by Gasteiger charge is -2.33. The van der Waals surface area contributed by atoms with Crippen LogP contribution in [0.4, 0.5) is 0 Å². The maximum Gasteiger partial charge on any atom is 0.265 e. The van der Waals surface area contributed by atoms with Gasteiger partial charge in [0.25, 0.3) is 5.91 Å². The number of aryl methyl sites for hydroxylation is 1. The molecule has 13 heteroatoms. The summed E-state index contributed by atoms with van der Waals surface area (Å²) in [4.78, 5) is 11.3. The molecule has 1 aliphatic heterocycles. The van der Waals surface area contributed by atoms with Crippen LogP contribution in [-0.2, 0) is 27.1 Å². The molecule has 0 unspecified atom stereocenters. The largest absolute Gasteiger partial charge is 0.364 e. The van der Waals surface area contributed by atoms with Crippen molar-refractivity contribution < 1.29 is 21.6 Å². The van der Waals surface area contributed by atoms with Gasteiger partial charge >= 0.3 is 0 Å². The second-order valence-corrected chi connectivity index (χ2v) is 11.1. The van der Waals surface area contributed by atoms with Crippen LogP contribution in [0.3, 0.4) is 0 Å². The molecule has 1 amide bonds. The maximum absolute atomic E-state index is 12.8. The number of amides is 1. The van der Waals surface area contributed by atoms with E-state index in [9.17, 15) is 21.6 Å². The Morgan fingerprint density at radius 3 is 1.86 bits per heavy atom. The van der Waals surface area contributed by atoms with E-state index in [0.717, 1.165) is 0 Å². The van der Waals surface area contributed by atoms with Gasteiger partial charge in [0.15, 0.2) is 0 Å². The predicted octanol–water partition coefficient (Wildman–Crippen LogP) is 1.13. The number of hydrogen-bond acceptors (Lipinski definition) is 5. The molecule has 158 valence electrons. The SMILES string of the molecule is Cn1cc(S(=O)(=O)N2CCN(S(=O)(=O)c3ccc(Cl)c(Cl)c3)CC2)cc1C(N)=O. The van der Waals surface area contributed by atoms with E-state index >= 15 is 0 Å². The van der Waals surface area contributed by atoms with Gasteiger partial charge in [-0.3, -0.25) is 4.79 Å². The Labute approximate surface area is 178 Å². The Kier molecular flexibility index (Phi) is 6.01. The number of halogens is 2. The zero-order chi connectivity index (χ0) is 21.6. The van der Waals surface area contributed by atoms with E-state index in [1.165, 1.54) is 50.7 Å². The van der Waals surface area contributed by atoms with Crippen LogP contribution in [0, 0.1) is 0 Å². The lowest BCUT2D eigenvalue weighted by atomic mass is 10.4. The molecule has 1 aliphatic rings. The summed E-state index contributed by atoms with van der Waals surface area (Å²) < 4.78 is 55.0. The van der Waals surface area contributed by atoms with Gasteiger partial charge in [0.2, 0.25) is 20.0 Å². The lowest BCUT2D eigenvalue weighted by Crippen LogP contribution is -2.50. The van der Waals surface area contributed by atoms with Crippen molar-refractivity contribution in [3.8, 4) is 0 Å². The first-order valence-electron chi connectivity index (χ1n) is 8.36. The summed E-state index contributed by atoms with van der Waals surface area (Å²) in [6.45, 7) is -0.137. The van der Waals surface area contributed by atoms with Crippen LogP contribution in [0.1, 0.15) is 10.5 Å². The van der Waals surface area contributed by atoms with Crippen molar-refractivity contribution in [3.05, 3.63) is 46.2 Å². The van der Waals surface area contributed by atoms with Crippen LogP contribution in [0.25, 0.3) is 0 Å².